The van der Waals surface area contributed by atoms with Gasteiger partial charge >= 0.3 is 5.97 Å². The van der Waals surface area contributed by atoms with Gasteiger partial charge in [0.25, 0.3) is 5.91 Å². The standard InChI is InChI=1S/C27H34N2O4/c1-2-33-26(31)27-24(15-16-29(25(27)30)19-21-10-5-3-6-11-21)23(18-28-27)14-9-17-32-20-22-12-7-4-8-13-22/h3-8,10-13,23-24,28H,2,9,14-20H2,1H3/t23-,24-,27+/m1/s1. The monoisotopic (exact) mass is 450 g/mol. The number of hydrogen-bond acceptors (Lipinski definition) is 5. The van der Waals surface area contributed by atoms with Gasteiger partial charge in [0.15, 0.2) is 5.54 Å². The Morgan fingerprint density at radius 3 is 2.48 bits per heavy atom. The maximum Gasteiger partial charge on any atom is 0.336 e. The van der Waals surface area contributed by atoms with Gasteiger partial charge in [-0.1, -0.05) is 60.7 Å². The van der Waals surface area contributed by atoms with Crippen molar-refractivity contribution < 1.29 is 19.1 Å². The van der Waals surface area contributed by atoms with E-state index in [4.69, 9.17) is 9.47 Å². The number of fused-ring (bicyclic) bond motifs is 1. The van der Waals surface area contributed by atoms with Crippen molar-refractivity contribution in [2.75, 3.05) is 26.3 Å². The molecular weight excluding hydrogens is 416 g/mol. The van der Waals surface area contributed by atoms with Crippen LogP contribution >= 0.6 is 0 Å². The topological polar surface area (TPSA) is 67.9 Å². The van der Waals surface area contributed by atoms with Crippen molar-refractivity contribution in [3.63, 3.8) is 0 Å². The molecule has 33 heavy (non-hydrogen) atoms. The van der Waals surface area contributed by atoms with E-state index in [0.29, 0.717) is 32.8 Å². The summed E-state index contributed by atoms with van der Waals surface area (Å²) >= 11 is 0. The predicted molar refractivity (Wildman–Crippen MR) is 126 cm³/mol. The van der Waals surface area contributed by atoms with E-state index in [1.807, 2.05) is 48.5 Å². The fourth-order valence-corrected chi connectivity index (χ4v) is 5.28. The van der Waals surface area contributed by atoms with Gasteiger partial charge in [0.05, 0.1) is 13.2 Å². The Labute approximate surface area is 196 Å². The highest BCUT2D eigenvalue weighted by molar-refractivity contribution is 6.08. The Morgan fingerprint density at radius 1 is 1.09 bits per heavy atom. The fraction of sp³-hybridized carbons (Fsp3) is 0.481. The van der Waals surface area contributed by atoms with Gasteiger partial charge in [-0.15, -0.1) is 0 Å². The third-order valence-corrected chi connectivity index (χ3v) is 6.89. The largest absolute Gasteiger partial charge is 0.464 e. The van der Waals surface area contributed by atoms with E-state index in [2.05, 4.69) is 17.4 Å². The van der Waals surface area contributed by atoms with Gasteiger partial charge in [0, 0.05) is 25.6 Å². The third-order valence-electron chi connectivity index (χ3n) is 6.89. The van der Waals surface area contributed by atoms with Crippen LogP contribution in [-0.2, 0) is 32.2 Å². The van der Waals surface area contributed by atoms with Crippen LogP contribution in [0.25, 0.3) is 0 Å². The molecule has 2 aliphatic heterocycles. The molecule has 4 rings (SSSR count). The third kappa shape index (κ3) is 5.12. The number of hydrogen-bond donors (Lipinski definition) is 1. The minimum atomic E-state index is -1.27. The zero-order valence-electron chi connectivity index (χ0n) is 19.4. The second kappa shape index (κ2) is 10.9. The summed E-state index contributed by atoms with van der Waals surface area (Å²) in [6.07, 6.45) is 2.61. The van der Waals surface area contributed by atoms with E-state index >= 15 is 0 Å². The van der Waals surface area contributed by atoms with Gasteiger partial charge < -0.3 is 14.4 Å². The molecule has 2 saturated heterocycles. The van der Waals surface area contributed by atoms with Gasteiger partial charge in [-0.2, -0.15) is 0 Å². The number of nitrogens with one attached hydrogen (secondary N) is 1. The molecule has 2 fully saturated rings. The molecule has 0 spiro atoms. The summed E-state index contributed by atoms with van der Waals surface area (Å²) in [5.74, 6) is -0.382. The van der Waals surface area contributed by atoms with Crippen LogP contribution in [0.5, 0.6) is 0 Å². The first-order chi connectivity index (χ1) is 16.1. The van der Waals surface area contributed by atoms with Gasteiger partial charge in [0.2, 0.25) is 0 Å². The lowest BCUT2D eigenvalue weighted by molar-refractivity contribution is -0.165. The highest BCUT2D eigenvalue weighted by Gasteiger charge is 2.62. The van der Waals surface area contributed by atoms with Gasteiger partial charge in [-0.3, -0.25) is 10.1 Å². The quantitative estimate of drug-likeness (QED) is 0.341. The number of carbonyl (C=O) groups excluding carboxylic acids is 2. The van der Waals surface area contributed by atoms with Crippen LogP contribution in [0.3, 0.4) is 0 Å². The molecule has 2 heterocycles. The van der Waals surface area contributed by atoms with Gasteiger partial charge in [-0.25, -0.2) is 4.79 Å². The van der Waals surface area contributed by atoms with Crippen molar-refractivity contribution in [2.24, 2.45) is 11.8 Å². The molecule has 3 atom stereocenters. The summed E-state index contributed by atoms with van der Waals surface area (Å²) in [5, 5.41) is 3.33. The molecular formula is C27H34N2O4. The maximum absolute atomic E-state index is 13.7. The van der Waals surface area contributed by atoms with Crippen molar-refractivity contribution in [3.8, 4) is 0 Å². The van der Waals surface area contributed by atoms with Crippen LogP contribution in [0.15, 0.2) is 60.7 Å². The van der Waals surface area contributed by atoms with Crippen LogP contribution in [0.4, 0.5) is 0 Å². The minimum absolute atomic E-state index is 0.0507. The lowest BCUT2D eigenvalue weighted by atomic mass is 9.73. The zero-order valence-corrected chi connectivity index (χ0v) is 19.4. The molecule has 0 aliphatic carbocycles. The van der Waals surface area contributed by atoms with E-state index in [1.54, 1.807) is 11.8 Å². The van der Waals surface area contributed by atoms with Crippen LogP contribution < -0.4 is 5.32 Å². The second-order valence-corrected chi connectivity index (χ2v) is 8.96. The van der Waals surface area contributed by atoms with Crippen molar-refractivity contribution in [2.45, 2.75) is 44.9 Å². The number of esters is 1. The number of amides is 1. The number of benzene rings is 2. The van der Waals surface area contributed by atoms with E-state index in [1.165, 1.54) is 0 Å². The van der Waals surface area contributed by atoms with Gasteiger partial charge in [0.1, 0.15) is 0 Å². The summed E-state index contributed by atoms with van der Waals surface area (Å²) in [6, 6.07) is 20.1. The van der Waals surface area contributed by atoms with Crippen molar-refractivity contribution in [1.29, 1.82) is 0 Å². The van der Waals surface area contributed by atoms with Gasteiger partial charge in [-0.05, 0) is 49.8 Å². The second-order valence-electron chi connectivity index (χ2n) is 8.96. The molecule has 2 aromatic rings. The van der Waals surface area contributed by atoms with Crippen LogP contribution in [0.2, 0.25) is 0 Å². The van der Waals surface area contributed by atoms with E-state index in [0.717, 1.165) is 30.4 Å². The Balaban J connectivity index is 1.38. The van der Waals surface area contributed by atoms with Crippen LogP contribution in [-0.4, -0.2) is 48.6 Å². The molecule has 1 amide bonds. The van der Waals surface area contributed by atoms with Crippen molar-refractivity contribution in [1.82, 2.24) is 10.2 Å². The van der Waals surface area contributed by atoms with Crippen LogP contribution in [0.1, 0.15) is 37.3 Å². The minimum Gasteiger partial charge on any atom is -0.464 e. The molecule has 6 heteroatoms. The smallest absolute Gasteiger partial charge is 0.336 e. The average molecular weight is 451 g/mol. The van der Waals surface area contributed by atoms with Crippen molar-refractivity contribution >= 4 is 11.9 Å². The highest BCUT2D eigenvalue weighted by Crippen LogP contribution is 2.42. The van der Waals surface area contributed by atoms with E-state index < -0.39 is 11.5 Å². The number of rotatable bonds is 10. The predicted octanol–water partition coefficient (Wildman–Crippen LogP) is 3.55. The molecule has 0 aromatic heterocycles. The lowest BCUT2D eigenvalue weighted by Crippen LogP contribution is -2.67. The van der Waals surface area contributed by atoms with E-state index in [9.17, 15) is 9.59 Å². The lowest BCUT2D eigenvalue weighted by Gasteiger charge is -2.42. The molecule has 2 aliphatic rings. The van der Waals surface area contributed by atoms with Crippen LogP contribution in [0, 0.1) is 11.8 Å². The summed E-state index contributed by atoms with van der Waals surface area (Å²) < 4.78 is 11.3. The molecule has 1 N–H and O–H groups in total. The summed E-state index contributed by atoms with van der Waals surface area (Å²) in [4.78, 5) is 28.6. The normalized spacial score (nSPS) is 24.5. The number of piperidine rings is 1. The Kier molecular flexibility index (Phi) is 7.78. The number of likely N-dealkylation sites (tertiary alicyclic amines) is 1. The summed E-state index contributed by atoms with van der Waals surface area (Å²) in [5.41, 5.74) is 0.963. The Bertz CT molecular complexity index is 920. The number of nitrogens with zero attached hydrogens (tertiary/aromatic N) is 1. The summed E-state index contributed by atoms with van der Waals surface area (Å²) in [6.45, 7) is 5.13. The molecule has 0 saturated carbocycles. The summed E-state index contributed by atoms with van der Waals surface area (Å²) in [7, 11) is 0. The Hall–Kier alpha value is -2.70. The Morgan fingerprint density at radius 2 is 1.79 bits per heavy atom. The molecule has 6 nitrogen and oxygen atoms in total. The first kappa shape index (κ1) is 23.5. The number of carbonyl (C=O) groups is 2. The molecule has 176 valence electrons. The first-order valence-corrected chi connectivity index (χ1v) is 12.0. The molecule has 0 unspecified atom stereocenters. The number of ether oxygens (including phenoxy) is 2. The molecule has 0 bridgehead atoms. The molecule has 0 radical (unpaired) electrons. The molecule has 2 aromatic carbocycles. The highest BCUT2D eigenvalue weighted by atomic mass is 16.5. The maximum atomic E-state index is 13.7. The average Bonchev–Trinajstić information content (AvgIpc) is 3.22. The van der Waals surface area contributed by atoms with Crippen molar-refractivity contribution in [3.05, 3.63) is 71.8 Å². The SMILES string of the molecule is CCOC(=O)[C@]12NC[C@@H](CCCOCc3ccccc3)[C@H]1CCN(Cc1ccccc1)C2=O. The first-order valence-electron chi connectivity index (χ1n) is 12.0. The fourth-order valence-electron chi connectivity index (χ4n) is 5.28. The van der Waals surface area contributed by atoms with E-state index in [-0.39, 0.29) is 24.3 Å². The zero-order chi connectivity index (χ0) is 23.1.